The Morgan fingerprint density at radius 3 is 1.89 bits per heavy atom. The summed E-state index contributed by atoms with van der Waals surface area (Å²) in [4.78, 5) is 14.0. The van der Waals surface area contributed by atoms with Gasteiger partial charge in [-0.3, -0.25) is 4.90 Å². The Morgan fingerprint density at radius 2 is 1.37 bits per heavy atom. The molecule has 0 aliphatic carbocycles. The fraction of sp³-hybridized carbons (Fsp3) is 0.296. The Balaban J connectivity index is 1.43. The summed E-state index contributed by atoms with van der Waals surface area (Å²) in [7, 11) is -3.64. The highest BCUT2D eigenvalue weighted by molar-refractivity contribution is 7.89. The third kappa shape index (κ3) is 6.08. The molecule has 4 rings (SSSR count). The van der Waals surface area contributed by atoms with Gasteiger partial charge in [0.2, 0.25) is 10.0 Å². The molecule has 0 radical (unpaired) electrons. The molecule has 0 amide bonds. The van der Waals surface area contributed by atoms with Gasteiger partial charge in [0.1, 0.15) is 5.75 Å². The monoisotopic (exact) mass is 494 g/mol. The summed E-state index contributed by atoms with van der Waals surface area (Å²) in [6.45, 7) is 3.83. The summed E-state index contributed by atoms with van der Waals surface area (Å²) in [5, 5.41) is 0. The van der Waals surface area contributed by atoms with E-state index in [1.54, 1.807) is 19.1 Å². The first-order valence-corrected chi connectivity index (χ1v) is 13.2. The van der Waals surface area contributed by atoms with E-state index in [1.165, 1.54) is 27.6 Å². The number of benzene rings is 3. The van der Waals surface area contributed by atoms with E-state index in [2.05, 4.69) is 29.2 Å². The normalized spacial score (nSPS) is 15.1. The number of hydrogen-bond acceptors (Lipinski definition) is 6. The summed E-state index contributed by atoms with van der Waals surface area (Å²) in [5.74, 6) is -0.0539. The molecule has 3 aromatic carbocycles. The van der Waals surface area contributed by atoms with Crippen LogP contribution in [-0.4, -0.2) is 63.0 Å². The second kappa shape index (κ2) is 11.5. The van der Waals surface area contributed by atoms with Gasteiger partial charge >= 0.3 is 5.97 Å². The fourth-order valence-electron chi connectivity index (χ4n) is 4.29. The highest BCUT2D eigenvalue weighted by Gasteiger charge is 2.32. The Morgan fingerprint density at radius 1 is 0.829 bits per heavy atom. The molecule has 1 saturated heterocycles. The van der Waals surface area contributed by atoms with E-state index in [1.807, 2.05) is 36.4 Å². The first-order valence-electron chi connectivity index (χ1n) is 11.7. The van der Waals surface area contributed by atoms with E-state index in [0.717, 1.165) is 0 Å². The molecule has 184 valence electrons. The average Bonchev–Trinajstić information content (AvgIpc) is 2.90. The van der Waals surface area contributed by atoms with Crippen LogP contribution in [0.3, 0.4) is 0 Å². The molecule has 0 N–H and O–H groups in total. The molecule has 7 nitrogen and oxygen atoms in total. The van der Waals surface area contributed by atoms with Crippen molar-refractivity contribution >= 4 is 16.0 Å². The van der Waals surface area contributed by atoms with Crippen LogP contribution in [0.25, 0.3) is 0 Å². The van der Waals surface area contributed by atoms with Crippen molar-refractivity contribution in [3.63, 3.8) is 0 Å². The predicted molar refractivity (Wildman–Crippen MR) is 134 cm³/mol. The van der Waals surface area contributed by atoms with E-state index < -0.39 is 16.0 Å². The van der Waals surface area contributed by atoms with E-state index in [4.69, 9.17) is 9.47 Å². The lowest BCUT2D eigenvalue weighted by atomic mass is 9.96. The molecule has 1 aliphatic rings. The molecule has 0 unspecified atom stereocenters. The number of nitrogens with zero attached hydrogens (tertiary/aromatic N) is 2. The van der Waals surface area contributed by atoms with Crippen molar-refractivity contribution < 1.29 is 22.7 Å². The van der Waals surface area contributed by atoms with Gasteiger partial charge in [-0.2, -0.15) is 4.31 Å². The van der Waals surface area contributed by atoms with Crippen LogP contribution in [0.5, 0.6) is 5.75 Å². The zero-order chi connectivity index (χ0) is 24.7. The minimum Gasteiger partial charge on any atom is -0.482 e. The number of carbonyl (C=O) groups is 1. The summed E-state index contributed by atoms with van der Waals surface area (Å²) in [6, 6.07) is 26.8. The lowest BCUT2D eigenvalue weighted by molar-refractivity contribution is -0.145. The van der Waals surface area contributed by atoms with Crippen LogP contribution in [0.15, 0.2) is 89.8 Å². The summed E-state index contributed by atoms with van der Waals surface area (Å²) in [5.41, 5.74) is 2.38. The molecule has 0 aromatic heterocycles. The first-order chi connectivity index (χ1) is 17.0. The van der Waals surface area contributed by atoms with Gasteiger partial charge in [-0.1, -0.05) is 60.7 Å². The molecular weight excluding hydrogens is 464 g/mol. The zero-order valence-corrected chi connectivity index (χ0v) is 20.6. The molecule has 0 bridgehead atoms. The van der Waals surface area contributed by atoms with Crippen molar-refractivity contribution in [1.82, 2.24) is 9.21 Å². The van der Waals surface area contributed by atoms with Gasteiger partial charge in [0, 0.05) is 26.2 Å². The maximum Gasteiger partial charge on any atom is 0.344 e. The van der Waals surface area contributed by atoms with Crippen LogP contribution in [0, 0.1) is 0 Å². The number of piperazine rings is 1. The van der Waals surface area contributed by atoms with Gasteiger partial charge in [0.25, 0.3) is 0 Å². The Hall–Kier alpha value is -3.20. The van der Waals surface area contributed by atoms with Crippen LogP contribution in [0.4, 0.5) is 0 Å². The average molecular weight is 495 g/mol. The molecule has 1 heterocycles. The maximum atomic E-state index is 13.3. The van der Waals surface area contributed by atoms with Gasteiger partial charge < -0.3 is 9.47 Å². The van der Waals surface area contributed by atoms with Gasteiger partial charge in [0.05, 0.1) is 17.5 Å². The second-order valence-electron chi connectivity index (χ2n) is 8.23. The van der Waals surface area contributed by atoms with Gasteiger partial charge in [-0.15, -0.1) is 0 Å². The molecule has 1 fully saturated rings. The molecule has 8 heteroatoms. The van der Waals surface area contributed by atoms with Crippen LogP contribution in [0.1, 0.15) is 24.1 Å². The third-order valence-corrected chi connectivity index (χ3v) is 7.91. The van der Waals surface area contributed by atoms with Crippen molar-refractivity contribution in [2.45, 2.75) is 17.9 Å². The number of rotatable bonds is 9. The van der Waals surface area contributed by atoms with Crippen LogP contribution in [0.2, 0.25) is 0 Å². The first kappa shape index (κ1) is 24.9. The highest BCUT2D eigenvalue weighted by Crippen LogP contribution is 2.30. The fourth-order valence-corrected chi connectivity index (χ4v) is 5.71. The van der Waals surface area contributed by atoms with Crippen molar-refractivity contribution in [3.05, 3.63) is 96.1 Å². The van der Waals surface area contributed by atoms with Crippen LogP contribution in [-0.2, 0) is 19.6 Å². The number of esters is 1. The topological polar surface area (TPSA) is 76.1 Å². The lowest BCUT2D eigenvalue weighted by Crippen LogP contribution is -2.49. The number of carbonyl (C=O) groups excluding carboxylic acids is 1. The van der Waals surface area contributed by atoms with Crippen molar-refractivity contribution in [2.24, 2.45) is 0 Å². The molecule has 35 heavy (non-hydrogen) atoms. The Bertz CT molecular complexity index is 1150. The van der Waals surface area contributed by atoms with Crippen molar-refractivity contribution in [2.75, 3.05) is 39.4 Å². The lowest BCUT2D eigenvalue weighted by Gasteiger charge is -2.39. The van der Waals surface area contributed by atoms with Gasteiger partial charge in [-0.05, 0) is 42.3 Å². The van der Waals surface area contributed by atoms with E-state index in [0.29, 0.717) is 31.9 Å². The smallest absolute Gasteiger partial charge is 0.344 e. The SMILES string of the molecule is CCOC(=O)COc1ccc(S(=O)(=O)N2CCN(C(c3ccccc3)c3ccccc3)CC2)cc1. The standard InChI is InChI=1S/C27H30N2O5S/c1-2-33-26(30)21-34-24-13-15-25(16-14-24)35(31,32)29-19-17-28(18-20-29)27(22-9-5-3-6-10-22)23-11-7-4-8-12-23/h3-16,27H,2,17-21H2,1H3. The Kier molecular flexibility index (Phi) is 8.17. The zero-order valence-electron chi connectivity index (χ0n) is 19.7. The summed E-state index contributed by atoms with van der Waals surface area (Å²) >= 11 is 0. The maximum absolute atomic E-state index is 13.3. The molecule has 1 aliphatic heterocycles. The molecule has 0 saturated carbocycles. The highest BCUT2D eigenvalue weighted by atomic mass is 32.2. The van der Waals surface area contributed by atoms with Crippen molar-refractivity contribution in [1.29, 1.82) is 0 Å². The van der Waals surface area contributed by atoms with E-state index >= 15 is 0 Å². The number of sulfonamides is 1. The third-order valence-electron chi connectivity index (χ3n) is 5.99. The van der Waals surface area contributed by atoms with Gasteiger partial charge in [-0.25, -0.2) is 13.2 Å². The largest absolute Gasteiger partial charge is 0.482 e. The summed E-state index contributed by atoms with van der Waals surface area (Å²) in [6.07, 6.45) is 0. The molecule has 0 spiro atoms. The van der Waals surface area contributed by atoms with Crippen LogP contribution >= 0.6 is 0 Å². The van der Waals surface area contributed by atoms with Crippen molar-refractivity contribution in [3.8, 4) is 5.75 Å². The quantitative estimate of drug-likeness (QED) is 0.422. The van der Waals surface area contributed by atoms with E-state index in [-0.39, 0.29) is 24.2 Å². The minimum absolute atomic E-state index is 0.0677. The molecular formula is C27H30N2O5S. The summed E-state index contributed by atoms with van der Waals surface area (Å²) < 4.78 is 38.3. The Labute approximate surface area is 206 Å². The second-order valence-corrected chi connectivity index (χ2v) is 10.2. The predicted octanol–water partition coefficient (Wildman–Crippen LogP) is 3.72. The van der Waals surface area contributed by atoms with Gasteiger partial charge in [0.15, 0.2) is 6.61 Å². The molecule has 0 atom stereocenters. The minimum atomic E-state index is -3.64. The molecule has 3 aromatic rings. The number of hydrogen-bond donors (Lipinski definition) is 0. The van der Waals surface area contributed by atoms with Crippen LogP contribution < -0.4 is 4.74 Å². The number of ether oxygens (including phenoxy) is 2. The van der Waals surface area contributed by atoms with E-state index in [9.17, 15) is 13.2 Å².